The van der Waals surface area contributed by atoms with Gasteiger partial charge in [0, 0.05) is 0 Å². The first-order valence-corrected chi connectivity index (χ1v) is 9.80. The molecule has 5 heteroatoms. The molecule has 23 heavy (non-hydrogen) atoms. The molecule has 0 aliphatic carbocycles. The standard InChI is InChI=1S/C18H24O4Se/c1-4-12-18(16(19)21-5-2,17(20)22-6-3)13-14-23-15-10-8-7-9-11-15/h4,7-11H,1,5-6,12-14H2,2-3H3. The molecule has 0 aliphatic heterocycles. The zero-order chi connectivity index (χ0) is 17.1. The quantitative estimate of drug-likeness (QED) is 0.270. The van der Waals surface area contributed by atoms with Crippen LogP contribution in [0.2, 0.25) is 5.32 Å². The second-order valence-electron chi connectivity index (χ2n) is 4.93. The number of hydrogen-bond acceptors (Lipinski definition) is 4. The van der Waals surface area contributed by atoms with Crippen LogP contribution in [0.4, 0.5) is 0 Å². The summed E-state index contributed by atoms with van der Waals surface area (Å²) < 4.78 is 11.5. The SMILES string of the molecule is C=CCC(CC[Se]c1ccccc1)(C(=O)OCC)C(=O)OCC. The van der Waals surface area contributed by atoms with Gasteiger partial charge in [-0.15, -0.1) is 0 Å². The molecule has 0 bridgehead atoms. The van der Waals surface area contributed by atoms with Crippen molar-refractivity contribution in [1.82, 2.24) is 0 Å². The third kappa shape index (κ3) is 5.52. The molecule has 1 aromatic rings. The molecule has 0 radical (unpaired) electrons. The van der Waals surface area contributed by atoms with Gasteiger partial charge >= 0.3 is 144 Å². The third-order valence-corrected chi connectivity index (χ3v) is 5.49. The van der Waals surface area contributed by atoms with Crippen LogP contribution in [0.1, 0.15) is 26.7 Å². The zero-order valence-corrected chi connectivity index (χ0v) is 15.5. The van der Waals surface area contributed by atoms with E-state index in [2.05, 4.69) is 18.7 Å². The van der Waals surface area contributed by atoms with E-state index in [1.54, 1.807) is 19.9 Å². The molecular weight excluding hydrogens is 359 g/mol. The van der Waals surface area contributed by atoms with Crippen LogP contribution in [0.3, 0.4) is 0 Å². The van der Waals surface area contributed by atoms with Gasteiger partial charge in [-0.05, 0) is 0 Å². The van der Waals surface area contributed by atoms with Crippen molar-refractivity contribution >= 4 is 31.4 Å². The van der Waals surface area contributed by atoms with Gasteiger partial charge in [0.15, 0.2) is 0 Å². The molecule has 0 N–H and O–H groups in total. The average molecular weight is 383 g/mol. The van der Waals surface area contributed by atoms with Crippen LogP contribution in [-0.2, 0) is 19.1 Å². The van der Waals surface area contributed by atoms with Crippen molar-refractivity contribution in [3.63, 3.8) is 0 Å². The van der Waals surface area contributed by atoms with Crippen molar-refractivity contribution < 1.29 is 19.1 Å². The normalized spacial score (nSPS) is 10.9. The van der Waals surface area contributed by atoms with E-state index in [1.165, 1.54) is 4.46 Å². The fourth-order valence-electron chi connectivity index (χ4n) is 2.20. The molecule has 0 saturated heterocycles. The molecule has 1 rings (SSSR count). The van der Waals surface area contributed by atoms with Crippen molar-refractivity contribution in [2.75, 3.05) is 13.2 Å². The molecule has 0 heterocycles. The average Bonchev–Trinajstić information content (AvgIpc) is 2.55. The summed E-state index contributed by atoms with van der Waals surface area (Å²) in [5.74, 6) is -1.02. The van der Waals surface area contributed by atoms with E-state index in [9.17, 15) is 9.59 Å². The number of ether oxygens (including phenoxy) is 2. The summed E-state index contributed by atoms with van der Waals surface area (Å²) in [5.41, 5.74) is -1.27. The van der Waals surface area contributed by atoms with Gasteiger partial charge in [-0.25, -0.2) is 0 Å². The van der Waals surface area contributed by atoms with Gasteiger partial charge < -0.3 is 0 Å². The van der Waals surface area contributed by atoms with Crippen molar-refractivity contribution in [2.24, 2.45) is 5.41 Å². The Morgan fingerprint density at radius 2 is 1.70 bits per heavy atom. The van der Waals surface area contributed by atoms with E-state index in [0.717, 1.165) is 5.32 Å². The molecule has 0 aromatic heterocycles. The molecule has 126 valence electrons. The second-order valence-corrected chi connectivity index (χ2v) is 7.38. The van der Waals surface area contributed by atoms with Gasteiger partial charge in [0.05, 0.1) is 0 Å². The van der Waals surface area contributed by atoms with Crippen LogP contribution < -0.4 is 4.46 Å². The predicted octanol–water partition coefficient (Wildman–Crippen LogP) is 2.51. The number of carbonyl (C=O) groups is 2. The van der Waals surface area contributed by atoms with Gasteiger partial charge in [-0.3, -0.25) is 0 Å². The molecule has 0 fully saturated rings. The topological polar surface area (TPSA) is 52.6 Å². The number of allylic oxidation sites excluding steroid dienone is 1. The summed E-state index contributed by atoms with van der Waals surface area (Å²) in [4.78, 5) is 24.9. The Morgan fingerprint density at radius 3 is 2.17 bits per heavy atom. The fraction of sp³-hybridized carbons (Fsp3) is 0.444. The Morgan fingerprint density at radius 1 is 1.13 bits per heavy atom. The van der Waals surface area contributed by atoms with Crippen molar-refractivity contribution in [2.45, 2.75) is 32.0 Å². The first-order chi connectivity index (χ1) is 11.1. The predicted molar refractivity (Wildman–Crippen MR) is 91.8 cm³/mol. The van der Waals surface area contributed by atoms with Crippen molar-refractivity contribution in [1.29, 1.82) is 0 Å². The van der Waals surface area contributed by atoms with Crippen LogP contribution >= 0.6 is 0 Å². The molecule has 4 nitrogen and oxygen atoms in total. The number of esters is 2. The monoisotopic (exact) mass is 384 g/mol. The van der Waals surface area contributed by atoms with Crippen LogP contribution in [-0.4, -0.2) is 40.1 Å². The molecule has 0 unspecified atom stereocenters. The minimum atomic E-state index is -1.27. The summed E-state index contributed by atoms with van der Waals surface area (Å²) in [7, 11) is 0. The number of carbonyl (C=O) groups excluding carboxylic acids is 2. The van der Waals surface area contributed by atoms with Gasteiger partial charge in [-0.1, -0.05) is 0 Å². The molecule has 0 atom stereocenters. The number of benzene rings is 1. The zero-order valence-electron chi connectivity index (χ0n) is 13.7. The Labute approximate surface area is 144 Å². The summed E-state index contributed by atoms with van der Waals surface area (Å²) >= 11 is 0.187. The second kappa shape index (κ2) is 10.2. The van der Waals surface area contributed by atoms with Crippen molar-refractivity contribution in [3.8, 4) is 0 Å². The van der Waals surface area contributed by atoms with Crippen LogP contribution in [0.15, 0.2) is 43.0 Å². The molecule has 0 saturated carbocycles. The molecule has 0 aliphatic rings. The number of rotatable bonds is 10. The summed E-state index contributed by atoms with van der Waals surface area (Å²) in [6.07, 6.45) is 2.23. The van der Waals surface area contributed by atoms with Gasteiger partial charge in [0.1, 0.15) is 0 Å². The van der Waals surface area contributed by atoms with Crippen LogP contribution in [0.5, 0.6) is 0 Å². The Bertz CT molecular complexity index is 495. The third-order valence-electron chi connectivity index (χ3n) is 3.37. The van der Waals surface area contributed by atoms with E-state index in [4.69, 9.17) is 9.47 Å². The van der Waals surface area contributed by atoms with Crippen LogP contribution in [0, 0.1) is 5.41 Å². The summed E-state index contributed by atoms with van der Waals surface area (Å²) in [6, 6.07) is 10.1. The van der Waals surface area contributed by atoms with E-state index in [0.29, 0.717) is 6.42 Å². The Hall–Kier alpha value is -1.58. The first kappa shape index (κ1) is 19.5. The summed E-state index contributed by atoms with van der Waals surface area (Å²) in [5, 5.41) is 0.752. The fourth-order valence-corrected chi connectivity index (χ4v) is 4.37. The maximum atomic E-state index is 12.4. The number of hydrogen-bond donors (Lipinski definition) is 0. The Balaban J connectivity index is 2.89. The van der Waals surface area contributed by atoms with Crippen molar-refractivity contribution in [3.05, 3.63) is 43.0 Å². The van der Waals surface area contributed by atoms with Gasteiger partial charge in [-0.2, -0.15) is 0 Å². The van der Waals surface area contributed by atoms with E-state index >= 15 is 0 Å². The molecular formula is C18H24O4Se. The van der Waals surface area contributed by atoms with Gasteiger partial charge in [0.2, 0.25) is 0 Å². The molecule has 0 amide bonds. The van der Waals surface area contributed by atoms with E-state index in [1.807, 2.05) is 18.2 Å². The van der Waals surface area contributed by atoms with Crippen LogP contribution in [0.25, 0.3) is 0 Å². The van der Waals surface area contributed by atoms with Gasteiger partial charge in [0.25, 0.3) is 0 Å². The van der Waals surface area contributed by atoms with E-state index in [-0.39, 0.29) is 34.6 Å². The molecule has 1 aromatic carbocycles. The summed E-state index contributed by atoms with van der Waals surface area (Å²) in [6.45, 7) is 7.62. The Kier molecular flexibility index (Phi) is 8.67. The first-order valence-electron chi connectivity index (χ1n) is 7.74. The maximum absolute atomic E-state index is 12.4. The minimum absolute atomic E-state index is 0.187. The van der Waals surface area contributed by atoms with E-state index < -0.39 is 17.4 Å². The molecule has 0 spiro atoms.